The highest BCUT2D eigenvalue weighted by atomic mass is 16.5. The van der Waals surface area contributed by atoms with Crippen LogP contribution >= 0.6 is 0 Å². The molecule has 1 aromatic carbocycles. The number of H-pyrrole nitrogens is 1. The van der Waals surface area contributed by atoms with E-state index >= 15 is 0 Å². The summed E-state index contributed by atoms with van der Waals surface area (Å²) in [6, 6.07) is 9.94. The van der Waals surface area contributed by atoms with Crippen LogP contribution in [0.1, 0.15) is 46.9 Å². The molecular weight excluding hydrogens is 326 g/mol. The van der Waals surface area contributed by atoms with Gasteiger partial charge < -0.3 is 14.6 Å². The van der Waals surface area contributed by atoms with E-state index in [4.69, 9.17) is 4.74 Å². The van der Waals surface area contributed by atoms with E-state index in [0.29, 0.717) is 5.69 Å². The van der Waals surface area contributed by atoms with Crippen molar-refractivity contribution >= 4 is 16.8 Å². The van der Waals surface area contributed by atoms with E-state index in [0.717, 1.165) is 53.6 Å². The quantitative estimate of drug-likeness (QED) is 0.769. The number of fused-ring (bicyclic) bond motifs is 1. The first-order valence-corrected chi connectivity index (χ1v) is 9.06. The van der Waals surface area contributed by atoms with Crippen molar-refractivity contribution in [3.05, 3.63) is 59.5 Å². The molecular formula is C21H23N3O2. The number of aromatic nitrogens is 2. The van der Waals surface area contributed by atoms with E-state index in [-0.39, 0.29) is 11.9 Å². The van der Waals surface area contributed by atoms with Gasteiger partial charge in [-0.15, -0.1) is 0 Å². The van der Waals surface area contributed by atoms with E-state index in [1.165, 1.54) is 0 Å². The number of aryl methyl sites for hydroxylation is 1. The first-order valence-electron chi connectivity index (χ1n) is 9.06. The number of carbonyl (C=O) groups is 1. The molecule has 1 aliphatic heterocycles. The molecule has 1 atom stereocenters. The van der Waals surface area contributed by atoms with Crippen molar-refractivity contribution in [3.8, 4) is 5.75 Å². The van der Waals surface area contributed by atoms with Crippen molar-refractivity contribution in [2.45, 2.75) is 32.2 Å². The molecule has 134 valence electrons. The molecule has 5 heteroatoms. The van der Waals surface area contributed by atoms with Crippen molar-refractivity contribution < 1.29 is 9.53 Å². The van der Waals surface area contributed by atoms with Crippen LogP contribution in [0.4, 0.5) is 0 Å². The molecule has 1 aliphatic rings. The van der Waals surface area contributed by atoms with Gasteiger partial charge >= 0.3 is 0 Å². The summed E-state index contributed by atoms with van der Waals surface area (Å²) >= 11 is 0. The summed E-state index contributed by atoms with van der Waals surface area (Å²) in [5.74, 6) is 0.857. The minimum absolute atomic E-state index is 0.0613. The normalized spacial score (nSPS) is 17.5. The van der Waals surface area contributed by atoms with E-state index < -0.39 is 0 Å². The molecule has 3 heterocycles. The smallest absolute Gasteiger partial charge is 0.271 e. The molecule has 1 amide bonds. The number of carbonyl (C=O) groups excluding carboxylic acids is 1. The van der Waals surface area contributed by atoms with Gasteiger partial charge in [-0.25, -0.2) is 0 Å². The van der Waals surface area contributed by atoms with Crippen LogP contribution in [0.3, 0.4) is 0 Å². The van der Waals surface area contributed by atoms with Crippen molar-refractivity contribution in [2.75, 3.05) is 13.7 Å². The van der Waals surface area contributed by atoms with Gasteiger partial charge in [0.25, 0.3) is 5.91 Å². The van der Waals surface area contributed by atoms with Crippen LogP contribution in [0.2, 0.25) is 0 Å². The third-order valence-corrected chi connectivity index (χ3v) is 5.31. The zero-order valence-electron chi connectivity index (χ0n) is 15.2. The van der Waals surface area contributed by atoms with Gasteiger partial charge in [0.1, 0.15) is 11.4 Å². The zero-order valence-corrected chi connectivity index (χ0v) is 15.2. The molecule has 0 radical (unpaired) electrons. The number of amides is 1. The predicted octanol–water partition coefficient (Wildman–Crippen LogP) is 4.25. The Hall–Kier alpha value is -2.82. The van der Waals surface area contributed by atoms with Crippen LogP contribution in [-0.2, 0) is 0 Å². The number of benzene rings is 1. The van der Waals surface area contributed by atoms with Crippen LogP contribution in [0.5, 0.6) is 5.75 Å². The number of nitrogens with one attached hydrogen (secondary N) is 1. The summed E-state index contributed by atoms with van der Waals surface area (Å²) in [6.45, 7) is 2.77. The highest BCUT2D eigenvalue weighted by Crippen LogP contribution is 2.33. The number of rotatable bonds is 3. The maximum Gasteiger partial charge on any atom is 0.271 e. The van der Waals surface area contributed by atoms with E-state index in [9.17, 15) is 4.79 Å². The summed E-state index contributed by atoms with van der Waals surface area (Å²) in [5, 5.41) is 1.03. The first-order chi connectivity index (χ1) is 12.7. The molecule has 1 saturated heterocycles. The molecule has 2 aromatic heterocycles. The largest absolute Gasteiger partial charge is 0.497 e. The minimum atomic E-state index is 0.0613. The van der Waals surface area contributed by atoms with Gasteiger partial charge in [-0.05, 0) is 61.6 Å². The zero-order chi connectivity index (χ0) is 18.1. The summed E-state index contributed by atoms with van der Waals surface area (Å²) in [7, 11) is 1.65. The number of likely N-dealkylation sites (tertiary alicyclic amines) is 1. The fourth-order valence-corrected chi connectivity index (χ4v) is 3.88. The van der Waals surface area contributed by atoms with Crippen LogP contribution in [0.15, 0.2) is 42.7 Å². The maximum absolute atomic E-state index is 13.4. The molecule has 1 N–H and O–H groups in total. The van der Waals surface area contributed by atoms with Gasteiger partial charge in [-0.3, -0.25) is 9.78 Å². The Bertz CT molecular complexity index is 933. The summed E-state index contributed by atoms with van der Waals surface area (Å²) in [6.07, 6.45) is 6.79. The van der Waals surface area contributed by atoms with Crippen LogP contribution < -0.4 is 4.74 Å². The highest BCUT2D eigenvalue weighted by Gasteiger charge is 2.30. The van der Waals surface area contributed by atoms with E-state index in [1.807, 2.05) is 42.3 Å². The number of hydrogen-bond donors (Lipinski definition) is 1. The molecule has 26 heavy (non-hydrogen) atoms. The number of hydrogen-bond acceptors (Lipinski definition) is 3. The van der Waals surface area contributed by atoms with Crippen LogP contribution in [0.25, 0.3) is 10.9 Å². The van der Waals surface area contributed by atoms with Crippen molar-refractivity contribution in [1.29, 1.82) is 0 Å². The number of ether oxygens (including phenoxy) is 1. The lowest BCUT2D eigenvalue weighted by Gasteiger charge is -2.35. The molecule has 5 nitrogen and oxygen atoms in total. The van der Waals surface area contributed by atoms with Gasteiger partial charge in [0, 0.05) is 29.8 Å². The fourth-order valence-electron chi connectivity index (χ4n) is 3.88. The van der Waals surface area contributed by atoms with E-state index in [2.05, 4.69) is 16.0 Å². The van der Waals surface area contributed by atoms with Gasteiger partial charge in [0.2, 0.25) is 0 Å². The lowest BCUT2D eigenvalue weighted by atomic mass is 9.95. The van der Waals surface area contributed by atoms with Gasteiger partial charge in [-0.2, -0.15) is 0 Å². The third-order valence-electron chi connectivity index (χ3n) is 5.31. The second-order valence-corrected chi connectivity index (χ2v) is 6.83. The number of aromatic amines is 1. The third kappa shape index (κ3) is 2.83. The number of nitrogens with zero attached hydrogens (tertiary/aromatic N) is 2. The average molecular weight is 349 g/mol. The Morgan fingerprint density at radius 2 is 2.19 bits per heavy atom. The second kappa shape index (κ2) is 6.83. The second-order valence-electron chi connectivity index (χ2n) is 6.83. The average Bonchev–Trinajstić information content (AvgIpc) is 3.04. The molecule has 0 aliphatic carbocycles. The minimum Gasteiger partial charge on any atom is -0.497 e. The molecule has 1 unspecified atom stereocenters. The molecule has 1 fully saturated rings. The number of pyridine rings is 1. The summed E-state index contributed by atoms with van der Waals surface area (Å²) < 4.78 is 5.32. The first kappa shape index (κ1) is 16.6. The number of piperidine rings is 1. The number of methoxy groups -OCH3 is 1. The van der Waals surface area contributed by atoms with Gasteiger partial charge in [0.05, 0.1) is 13.2 Å². The fraction of sp³-hybridized carbons (Fsp3) is 0.333. The molecule has 0 spiro atoms. The Morgan fingerprint density at radius 3 is 2.96 bits per heavy atom. The topological polar surface area (TPSA) is 58.2 Å². The Balaban J connectivity index is 1.71. The van der Waals surface area contributed by atoms with Crippen molar-refractivity contribution in [1.82, 2.24) is 14.9 Å². The van der Waals surface area contributed by atoms with Gasteiger partial charge in [0.15, 0.2) is 0 Å². The lowest BCUT2D eigenvalue weighted by Crippen LogP contribution is -2.39. The Kier molecular flexibility index (Phi) is 4.37. The predicted molar refractivity (Wildman–Crippen MR) is 101 cm³/mol. The van der Waals surface area contributed by atoms with Gasteiger partial charge in [-0.1, -0.05) is 6.07 Å². The molecule has 0 saturated carbocycles. The van der Waals surface area contributed by atoms with Crippen LogP contribution in [-0.4, -0.2) is 34.4 Å². The summed E-state index contributed by atoms with van der Waals surface area (Å²) in [5.41, 5.74) is 3.71. The summed E-state index contributed by atoms with van der Waals surface area (Å²) in [4.78, 5) is 22.9. The highest BCUT2D eigenvalue weighted by molar-refractivity contribution is 6.01. The Morgan fingerprint density at radius 1 is 1.31 bits per heavy atom. The maximum atomic E-state index is 13.4. The molecule has 4 rings (SSSR count). The molecule has 3 aromatic rings. The SMILES string of the molecule is COc1ccc2[nH]c(C(=O)N3CCCCC3c3cccnc3)c(C)c2c1. The van der Waals surface area contributed by atoms with Crippen molar-refractivity contribution in [3.63, 3.8) is 0 Å². The Labute approximate surface area is 153 Å². The van der Waals surface area contributed by atoms with Crippen LogP contribution in [0, 0.1) is 6.92 Å². The standard InChI is InChI=1S/C21H23N3O2/c1-14-17-12-16(26-2)8-9-18(17)23-20(14)21(25)24-11-4-3-7-19(24)15-6-5-10-22-13-15/h5-6,8-10,12-13,19,23H,3-4,7,11H2,1-2H3. The molecule has 0 bridgehead atoms. The van der Waals surface area contributed by atoms with E-state index in [1.54, 1.807) is 13.3 Å². The lowest BCUT2D eigenvalue weighted by molar-refractivity contribution is 0.0605. The van der Waals surface area contributed by atoms with Crippen molar-refractivity contribution in [2.24, 2.45) is 0 Å². The monoisotopic (exact) mass is 349 g/mol.